The normalized spacial score (nSPS) is 12.1. The lowest BCUT2D eigenvalue weighted by Crippen LogP contribution is -2.29. The number of benzene rings is 2. The van der Waals surface area contributed by atoms with Crippen LogP contribution < -0.4 is 5.32 Å². The number of anilines is 1. The Morgan fingerprint density at radius 2 is 1.69 bits per heavy atom. The van der Waals surface area contributed by atoms with Crippen LogP contribution in [0, 0.1) is 0 Å². The van der Waals surface area contributed by atoms with Crippen LogP contribution in [0.25, 0.3) is 11.1 Å². The highest BCUT2D eigenvalue weighted by Gasteiger charge is 2.29. The molecular weight excluding hydrogens is 448 g/mol. The summed E-state index contributed by atoms with van der Waals surface area (Å²) < 4.78 is 6.94. The number of nitrogens with zero attached hydrogens (tertiary/aromatic N) is 3. The lowest BCUT2D eigenvalue weighted by molar-refractivity contribution is -0.137. The molecular formula is C26H28N4O5. The number of carboxylic acid groups (broad SMARTS) is 1. The molecule has 3 aromatic rings. The van der Waals surface area contributed by atoms with Crippen LogP contribution in [-0.2, 0) is 16.6 Å². The van der Waals surface area contributed by atoms with Crippen molar-refractivity contribution in [2.24, 2.45) is 7.05 Å². The van der Waals surface area contributed by atoms with Gasteiger partial charge in [0.1, 0.15) is 12.3 Å². The molecule has 0 saturated heterocycles. The van der Waals surface area contributed by atoms with Gasteiger partial charge in [0.25, 0.3) is 5.91 Å². The molecule has 9 heteroatoms. The summed E-state index contributed by atoms with van der Waals surface area (Å²) in [6.45, 7) is 0.601. The summed E-state index contributed by atoms with van der Waals surface area (Å²) in [5.41, 5.74) is 4.85. The molecule has 2 N–H and O–H groups in total. The molecule has 0 aliphatic heterocycles. The van der Waals surface area contributed by atoms with Crippen LogP contribution in [0.4, 0.5) is 10.6 Å². The van der Waals surface area contributed by atoms with Gasteiger partial charge in [-0.1, -0.05) is 48.5 Å². The SMILES string of the molecule is CN(CCCCC(=O)O)C(=O)c1cc(NC(=O)OCC2c3ccccc3-c3ccccc32)nn1C. The van der Waals surface area contributed by atoms with Crippen LogP contribution in [0.3, 0.4) is 0 Å². The molecule has 9 nitrogen and oxygen atoms in total. The van der Waals surface area contributed by atoms with Crippen molar-refractivity contribution in [3.8, 4) is 11.1 Å². The van der Waals surface area contributed by atoms with E-state index in [4.69, 9.17) is 9.84 Å². The Hall–Kier alpha value is -4.14. The predicted molar refractivity (Wildman–Crippen MR) is 130 cm³/mol. The van der Waals surface area contributed by atoms with E-state index in [1.54, 1.807) is 14.1 Å². The highest BCUT2D eigenvalue weighted by molar-refractivity contribution is 5.94. The van der Waals surface area contributed by atoms with E-state index in [0.717, 1.165) is 22.3 Å². The molecule has 0 radical (unpaired) electrons. The van der Waals surface area contributed by atoms with E-state index < -0.39 is 12.1 Å². The number of carboxylic acids is 1. The Balaban J connectivity index is 1.34. The quantitative estimate of drug-likeness (QED) is 0.450. The third-order valence-electron chi connectivity index (χ3n) is 6.15. The minimum Gasteiger partial charge on any atom is -0.481 e. The molecule has 0 spiro atoms. The summed E-state index contributed by atoms with van der Waals surface area (Å²) >= 11 is 0. The standard InChI is InChI=1S/C26H28N4O5/c1-29(14-8-7-13-24(31)32)25(33)22-15-23(28-30(22)2)27-26(34)35-16-21-19-11-5-3-9-17(19)18-10-4-6-12-20(18)21/h3-6,9-12,15,21H,7-8,13-14,16H2,1-2H3,(H,31,32)(H,27,28,34). The Labute approximate surface area is 203 Å². The lowest BCUT2D eigenvalue weighted by Gasteiger charge is -2.16. The Kier molecular flexibility index (Phi) is 7.14. The van der Waals surface area contributed by atoms with Gasteiger partial charge in [-0.15, -0.1) is 0 Å². The van der Waals surface area contributed by atoms with Crippen LogP contribution in [0.1, 0.15) is 46.8 Å². The topological polar surface area (TPSA) is 114 Å². The molecule has 2 amide bonds. The lowest BCUT2D eigenvalue weighted by atomic mass is 9.98. The molecule has 35 heavy (non-hydrogen) atoms. The van der Waals surface area contributed by atoms with Crippen molar-refractivity contribution in [1.29, 1.82) is 0 Å². The fourth-order valence-electron chi connectivity index (χ4n) is 4.39. The van der Waals surface area contributed by atoms with Gasteiger partial charge in [-0.3, -0.25) is 19.6 Å². The monoisotopic (exact) mass is 476 g/mol. The molecule has 0 fully saturated rings. The van der Waals surface area contributed by atoms with E-state index in [1.165, 1.54) is 15.6 Å². The van der Waals surface area contributed by atoms with Crippen LogP contribution in [0.2, 0.25) is 0 Å². The molecule has 1 aliphatic rings. The first-order valence-corrected chi connectivity index (χ1v) is 11.5. The molecule has 0 saturated carbocycles. The zero-order chi connectivity index (χ0) is 24.9. The second-order valence-corrected chi connectivity index (χ2v) is 8.57. The van der Waals surface area contributed by atoms with Gasteiger partial charge in [-0.2, -0.15) is 5.10 Å². The highest BCUT2D eigenvalue weighted by Crippen LogP contribution is 2.44. The summed E-state index contributed by atoms with van der Waals surface area (Å²) in [7, 11) is 3.27. The summed E-state index contributed by atoms with van der Waals surface area (Å²) in [5, 5.41) is 15.5. The minimum atomic E-state index is -0.852. The average Bonchev–Trinajstić information content (AvgIpc) is 3.37. The van der Waals surface area contributed by atoms with E-state index in [0.29, 0.717) is 25.1 Å². The van der Waals surface area contributed by atoms with Gasteiger partial charge in [-0.05, 0) is 35.1 Å². The van der Waals surface area contributed by atoms with E-state index in [9.17, 15) is 14.4 Å². The van der Waals surface area contributed by atoms with Gasteiger partial charge >= 0.3 is 12.1 Å². The number of carbonyl (C=O) groups is 3. The number of rotatable bonds is 9. The Morgan fingerprint density at radius 3 is 2.31 bits per heavy atom. The molecule has 2 aromatic carbocycles. The van der Waals surface area contributed by atoms with Gasteiger partial charge < -0.3 is 14.7 Å². The van der Waals surface area contributed by atoms with Crippen LogP contribution in [0.15, 0.2) is 54.6 Å². The van der Waals surface area contributed by atoms with E-state index in [1.807, 2.05) is 24.3 Å². The molecule has 1 heterocycles. The maximum absolute atomic E-state index is 12.7. The number of aryl methyl sites for hydroxylation is 1. The second kappa shape index (κ2) is 10.4. The van der Waals surface area contributed by atoms with E-state index in [-0.39, 0.29) is 30.7 Å². The van der Waals surface area contributed by atoms with Crippen molar-refractivity contribution in [2.45, 2.75) is 25.2 Å². The summed E-state index contributed by atoms with van der Waals surface area (Å²) in [4.78, 5) is 37.4. The molecule has 182 valence electrons. The second-order valence-electron chi connectivity index (χ2n) is 8.57. The van der Waals surface area contributed by atoms with Crippen molar-refractivity contribution in [2.75, 3.05) is 25.5 Å². The van der Waals surface area contributed by atoms with Crippen LogP contribution in [0.5, 0.6) is 0 Å². The zero-order valence-electron chi connectivity index (χ0n) is 19.7. The van der Waals surface area contributed by atoms with Crippen molar-refractivity contribution >= 4 is 23.8 Å². The fourth-order valence-corrected chi connectivity index (χ4v) is 4.39. The molecule has 0 bridgehead atoms. The number of aromatic nitrogens is 2. The van der Waals surface area contributed by atoms with Gasteiger partial charge in [0.2, 0.25) is 0 Å². The maximum Gasteiger partial charge on any atom is 0.412 e. The molecule has 0 unspecified atom stereocenters. The number of fused-ring (bicyclic) bond motifs is 3. The first-order chi connectivity index (χ1) is 16.8. The number of aliphatic carboxylic acids is 1. The summed E-state index contributed by atoms with van der Waals surface area (Å²) in [6.07, 6.45) is 0.498. The maximum atomic E-state index is 12.7. The summed E-state index contributed by atoms with van der Waals surface area (Å²) in [6, 6.07) is 17.7. The molecule has 4 rings (SSSR count). The molecule has 1 aliphatic carbocycles. The largest absolute Gasteiger partial charge is 0.481 e. The first-order valence-electron chi connectivity index (χ1n) is 11.5. The number of unbranched alkanes of at least 4 members (excludes halogenated alkanes) is 1. The highest BCUT2D eigenvalue weighted by atomic mass is 16.5. The zero-order valence-corrected chi connectivity index (χ0v) is 19.7. The fraction of sp³-hybridized carbons (Fsp3) is 0.308. The smallest absolute Gasteiger partial charge is 0.412 e. The Bertz CT molecular complexity index is 1210. The van der Waals surface area contributed by atoms with Gasteiger partial charge in [0.15, 0.2) is 5.82 Å². The molecule has 1 aromatic heterocycles. The Morgan fingerprint density at radius 1 is 1.06 bits per heavy atom. The number of hydrogen-bond donors (Lipinski definition) is 2. The third kappa shape index (κ3) is 5.34. The van der Waals surface area contributed by atoms with Crippen molar-refractivity contribution in [3.63, 3.8) is 0 Å². The number of nitrogens with one attached hydrogen (secondary N) is 1. The molecule has 0 atom stereocenters. The van der Waals surface area contributed by atoms with E-state index >= 15 is 0 Å². The average molecular weight is 477 g/mol. The van der Waals surface area contributed by atoms with E-state index in [2.05, 4.69) is 34.7 Å². The number of amides is 2. The van der Waals surface area contributed by atoms with Gasteiger partial charge in [0.05, 0.1) is 0 Å². The van der Waals surface area contributed by atoms with Crippen LogP contribution >= 0.6 is 0 Å². The van der Waals surface area contributed by atoms with Gasteiger partial charge in [-0.25, -0.2) is 4.79 Å². The van der Waals surface area contributed by atoms with Crippen molar-refractivity contribution in [3.05, 3.63) is 71.4 Å². The predicted octanol–water partition coefficient (Wildman–Crippen LogP) is 4.11. The first kappa shape index (κ1) is 24.0. The van der Waals surface area contributed by atoms with Gasteiger partial charge in [0, 0.05) is 39.0 Å². The van der Waals surface area contributed by atoms with Crippen molar-refractivity contribution in [1.82, 2.24) is 14.7 Å². The summed E-state index contributed by atoms with van der Waals surface area (Å²) in [5.74, 6) is -0.957. The number of hydrogen-bond acceptors (Lipinski definition) is 5. The third-order valence-corrected chi connectivity index (χ3v) is 6.15. The van der Waals surface area contributed by atoms with Crippen LogP contribution in [-0.4, -0.2) is 58.0 Å². The number of carbonyl (C=O) groups excluding carboxylic acids is 2. The minimum absolute atomic E-state index is 0.0520. The number of ether oxygens (including phenoxy) is 1. The van der Waals surface area contributed by atoms with Crippen molar-refractivity contribution < 1.29 is 24.2 Å².